The van der Waals surface area contributed by atoms with Gasteiger partial charge in [0.15, 0.2) is 0 Å². The van der Waals surface area contributed by atoms with E-state index in [0.717, 1.165) is 0 Å². The highest BCUT2D eigenvalue weighted by Gasteiger charge is 2.13. The number of anilines is 1. The largest absolute Gasteiger partial charge is 0.489 e. The monoisotopic (exact) mass is 259 g/mol. The first-order valence-electron chi connectivity index (χ1n) is 6.13. The first kappa shape index (κ1) is 13.1. The summed E-state index contributed by atoms with van der Waals surface area (Å²) in [4.78, 5) is 12.1. The summed E-state index contributed by atoms with van der Waals surface area (Å²) in [7, 11) is 1.73. The molecule has 0 spiro atoms. The minimum atomic E-state index is -0.209. The highest BCUT2D eigenvalue weighted by atomic mass is 16.5. The number of aromatic nitrogens is 2. The Hall–Kier alpha value is -2.30. The summed E-state index contributed by atoms with van der Waals surface area (Å²) in [5, 5.41) is 6.81. The molecule has 0 aliphatic heterocycles. The van der Waals surface area contributed by atoms with E-state index in [4.69, 9.17) is 4.74 Å². The molecule has 5 heteroatoms. The molecule has 5 nitrogen and oxygen atoms in total. The average molecular weight is 259 g/mol. The van der Waals surface area contributed by atoms with Crippen LogP contribution in [0.25, 0.3) is 0 Å². The summed E-state index contributed by atoms with van der Waals surface area (Å²) in [6, 6.07) is 9.04. The van der Waals surface area contributed by atoms with Gasteiger partial charge in [0.25, 0.3) is 5.91 Å². The molecule has 0 fully saturated rings. The van der Waals surface area contributed by atoms with Crippen LogP contribution in [-0.2, 0) is 7.05 Å². The van der Waals surface area contributed by atoms with E-state index in [1.165, 1.54) is 4.68 Å². The first-order valence-corrected chi connectivity index (χ1v) is 6.13. The van der Waals surface area contributed by atoms with Crippen molar-refractivity contribution in [2.24, 2.45) is 7.05 Å². The highest BCUT2D eigenvalue weighted by molar-refractivity contribution is 6.03. The predicted octanol–water partition coefficient (Wildman–Crippen LogP) is 2.46. The lowest BCUT2D eigenvalue weighted by Crippen LogP contribution is -2.17. The Morgan fingerprint density at radius 2 is 2.05 bits per heavy atom. The third-order valence-electron chi connectivity index (χ3n) is 2.55. The summed E-state index contributed by atoms with van der Waals surface area (Å²) >= 11 is 0. The van der Waals surface area contributed by atoms with E-state index in [2.05, 4.69) is 10.4 Å². The van der Waals surface area contributed by atoms with Gasteiger partial charge in [0.2, 0.25) is 0 Å². The molecule has 0 unspecified atom stereocenters. The van der Waals surface area contributed by atoms with E-state index in [1.54, 1.807) is 19.3 Å². The molecule has 0 saturated carbocycles. The van der Waals surface area contributed by atoms with Crippen molar-refractivity contribution in [1.29, 1.82) is 0 Å². The average Bonchev–Trinajstić information content (AvgIpc) is 2.77. The van der Waals surface area contributed by atoms with Crippen LogP contribution in [0.15, 0.2) is 36.5 Å². The van der Waals surface area contributed by atoms with Crippen molar-refractivity contribution < 1.29 is 9.53 Å². The number of carbonyl (C=O) groups excluding carboxylic acids is 1. The molecular weight excluding hydrogens is 242 g/mol. The summed E-state index contributed by atoms with van der Waals surface area (Å²) in [5.74, 6) is 0.452. The zero-order valence-corrected chi connectivity index (χ0v) is 11.3. The molecule has 1 heterocycles. The lowest BCUT2D eigenvalue weighted by Gasteiger charge is -2.14. The van der Waals surface area contributed by atoms with Crippen molar-refractivity contribution in [3.8, 4) is 5.75 Å². The second-order valence-electron chi connectivity index (χ2n) is 4.46. The fourth-order valence-corrected chi connectivity index (χ4v) is 1.71. The molecule has 0 saturated heterocycles. The second-order valence-corrected chi connectivity index (χ2v) is 4.46. The van der Waals surface area contributed by atoms with Crippen LogP contribution in [-0.4, -0.2) is 21.8 Å². The van der Waals surface area contributed by atoms with Crippen molar-refractivity contribution in [2.75, 3.05) is 5.32 Å². The van der Waals surface area contributed by atoms with E-state index in [0.29, 0.717) is 17.1 Å². The number of nitrogens with zero attached hydrogens (tertiary/aromatic N) is 2. The summed E-state index contributed by atoms with van der Waals surface area (Å²) < 4.78 is 7.19. The Balaban J connectivity index is 2.19. The lowest BCUT2D eigenvalue weighted by atomic mass is 10.2. The molecule has 0 bridgehead atoms. The Bertz CT molecular complexity index is 576. The second kappa shape index (κ2) is 5.56. The van der Waals surface area contributed by atoms with Crippen LogP contribution in [0.1, 0.15) is 24.3 Å². The number of nitrogens with one attached hydrogen (secondary N) is 1. The molecule has 100 valence electrons. The Morgan fingerprint density at radius 3 is 2.68 bits per heavy atom. The maximum Gasteiger partial charge on any atom is 0.274 e. The zero-order chi connectivity index (χ0) is 13.8. The van der Waals surface area contributed by atoms with Crippen LogP contribution in [0.5, 0.6) is 5.75 Å². The van der Waals surface area contributed by atoms with E-state index >= 15 is 0 Å². The Labute approximate surface area is 112 Å². The molecular formula is C14H17N3O2. The van der Waals surface area contributed by atoms with Gasteiger partial charge < -0.3 is 10.1 Å². The van der Waals surface area contributed by atoms with Gasteiger partial charge in [-0.2, -0.15) is 5.10 Å². The van der Waals surface area contributed by atoms with Gasteiger partial charge in [0, 0.05) is 13.2 Å². The highest BCUT2D eigenvalue weighted by Crippen LogP contribution is 2.25. The standard InChI is InChI=1S/C14H17N3O2/c1-10(2)19-13-7-5-4-6-11(13)16-14(18)12-8-9-15-17(12)3/h4-10H,1-3H3,(H,16,18). The number of benzene rings is 1. The van der Waals surface area contributed by atoms with Gasteiger partial charge in [0.05, 0.1) is 11.8 Å². The maximum absolute atomic E-state index is 12.1. The molecule has 1 aromatic carbocycles. The molecule has 0 radical (unpaired) electrons. The van der Waals surface area contributed by atoms with Crippen LogP contribution in [0.3, 0.4) is 0 Å². The quantitative estimate of drug-likeness (QED) is 0.917. The third kappa shape index (κ3) is 3.13. The smallest absolute Gasteiger partial charge is 0.274 e. The molecule has 1 amide bonds. The molecule has 0 aliphatic rings. The number of carbonyl (C=O) groups is 1. The fraction of sp³-hybridized carbons (Fsp3) is 0.286. The van der Waals surface area contributed by atoms with Crippen molar-refractivity contribution in [1.82, 2.24) is 9.78 Å². The number of rotatable bonds is 4. The Kier molecular flexibility index (Phi) is 3.85. The zero-order valence-electron chi connectivity index (χ0n) is 11.3. The normalized spacial score (nSPS) is 10.5. The molecule has 19 heavy (non-hydrogen) atoms. The van der Waals surface area contributed by atoms with Gasteiger partial charge in [-0.1, -0.05) is 12.1 Å². The van der Waals surface area contributed by atoms with Crippen molar-refractivity contribution in [3.05, 3.63) is 42.2 Å². The van der Waals surface area contributed by atoms with Crippen LogP contribution < -0.4 is 10.1 Å². The number of hydrogen-bond acceptors (Lipinski definition) is 3. The predicted molar refractivity (Wildman–Crippen MR) is 73.4 cm³/mol. The third-order valence-corrected chi connectivity index (χ3v) is 2.55. The van der Waals surface area contributed by atoms with E-state index in [9.17, 15) is 4.79 Å². The van der Waals surface area contributed by atoms with Crippen LogP contribution >= 0.6 is 0 Å². The number of ether oxygens (including phenoxy) is 1. The number of hydrogen-bond donors (Lipinski definition) is 1. The van der Waals surface area contributed by atoms with Crippen LogP contribution in [0.2, 0.25) is 0 Å². The minimum Gasteiger partial charge on any atom is -0.489 e. The van der Waals surface area contributed by atoms with Gasteiger partial charge >= 0.3 is 0 Å². The first-order chi connectivity index (χ1) is 9.08. The van der Waals surface area contributed by atoms with Crippen molar-refractivity contribution >= 4 is 11.6 Å². The SMILES string of the molecule is CC(C)Oc1ccccc1NC(=O)c1ccnn1C. The van der Waals surface area contributed by atoms with E-state index in [-0.39, 0.29) is 12.0 Å². The number of amides is 1. The molecule has 2 aromatic rings. The van der Waals surface area contributed by atoms with E-state index in [1.807, 2.05) is 38.1 Å². The molecule has 0 atom stereocenters. The number of para-hydroxylation sites is 2. The van der Waals surface area contributed by atoms with Gasteiger partial charge in [-0.3, -0.25) is 9.48 Å². The van der Waals surface area contributed by atoms with Crippen LogP contribution in [0, 0.1) is 0 Å². The van der Waals surface area contributed by atoms with Gasteiger partial charge in [-0.05, 0) is 32.0 Å². The molecule has 0 aliphatic carbocycles. The molecule has 1 N–H and O–H groups in total. The lowest BCUT2D eigenvalue weighted by molar-refractivity contribution is 0.101. The fourth-order valence-electron chi connectivity index (χ4n) is 1.71. The summed E-state index contributed by atoms with van der Waals surface area (Å²) in [6.45, 7) is 3.89. The minimum absolute atomic E-state index is 0.0507. The van der Waals surface area contributed by atoms with Gasteiger partial charge in [-0.25, -0.2) is 0 Å². The van der Waals surface area contributed by atoms with Gasteiger partial charge in [0.1, 0.15) is 11.4 Å². The van der Waals surface area contributed by atoms with Crippen molar-refractivity contribution in [2.45, 2.75) is 20.0 Å². The number of aryl methyl sites for hydroxylation is 1. The van der Waals surface area contributed by atoms with Gasteiger partial charge in [-0.15, -0.1) is 0 Å². The van der Waals surface area contributed by atoms with Crippen molar-refractivity contribution in [3.63, 3.8) is 0 Å². The van der Waals surface area contributed by atoms with E-state index < -0.39 is 0 Å². The molecule has 2 rings (SSSR count). The van der Waals surface area contributed by atoms with Crippen LogP contribution in [0.4, 0.5) is 5.69 Å². The topological polar surface area (TPSA) is 56.1 Å². The maximum atomic E-state index is 12.1. The Morgan fingerprint density at radius 1 is 1.32 bits per heavy atom. The summed E-state index contributed by atoms with van der Waals surface area (Å²) in [5.41, 5.74) is 1.15. The molecule has 1 aromatic heterocycles. The summed E-state index contributed by atoms with van der Waals surface area (Å²) in [6.07, 6.45) is 1.64.